The number of methoxy groups -OCH3 is 2. The van der Waals surface area contributed by atoms with Crippen LogP contribution >= 0.6 is 0 Å². The molecule has 10 nitrogen and oxygen atoms in total. The number of rotatable bonds is 8. The Morgan fingerprint density at radius 1 is 0.972 bits per heavy atom. The largest absolute Gasteiger partial charge is 0.508 e. The van der Waals surface area contributed by atoms with Crippen LogP contribution in [0.25, 0.3) is 0 Å². The molecule has 4 rings (SSSR count). The van der Waals surface area contributed by atoms with Crippen LogP contribution in [-0.2, 0) is 0 Å². The van der Waals surface area contributed by atoms with Crippen molar-refractivity contribution in [3.63, 3.8) is 0 Å². The maximum Gasteiger partial charge on any atom is 0.204 e. The second-order valence-electron chi connectivity index (χ2n) is 8.20. The Hall–Kier alpha value is -4.15. The smallest absolute Gasteiger partial charge is 0.204 e. The average molecular weight is 498 g/mol. The molecular formula is C26H26O10. The molecule has 0 fully saturated rings. The molecule has 0 saturated carbocycles. The highest BCUT2D eigenvalue weighted by atomic mass is 16.6. The number of ketones is 1. The first-order valence-electron chi connectivity index (χ1n) is 11.0. The van der Waals surface area contributed by atoms with Crippen LogP contribution in [0.3, 0.4) is 0 Å². The summed E-state index contributed by atoms with van der Waals surface area (Å²) in [7, 11) is 2.79. The maximum atomic E-state index is 12.7. The first kappa shape index (κ1) is 25.0. The molecule has 3 atom stereocenters. The third-order valence-corrected chi connectivity index (χ3v) is 5.88. The van der Waals surface area contributed by atoms with Gasteiger partial charge in [-0.25, -0.2) is 0 Å². The molecule has 5 N–H and O–H groups in total. The van der Waals surface area contributed by atoms with E-state index in [9.17, 15) is 30.3 Å². The van der Waals surface area contributed by atoms with E-state index in [1.807, 2.05) is 0 Å². The summed E-state index contributed by atoms with van der Waals surface area (Å²) in [4.78, 5) is 12.7. The van der Waals surface area contributed by atoms with Crippen molar-refractivity contribution in [3.8, 4) is 40.2 Å². The summed E-state index contributed by atoms with van der Waals surface area (Å²) >= 11 is 0. The summed E-state index contributed by atoms with van der Waals surface area (Å²) in [6, 6.07) is 11.3. The highest BCUT2D eigenvalue weighted by molar-refractivity contribution is 6.02. The predicted molar refractivity (Wildman–Crippen MR) is 126 cm³/mol. The first-order chi connectivity index (χ1) is 17.2. The summed E-state index contributed by atoms with van der Waals surface area (Å²) < 4.78 is 22.8. The number of aliphatic hydroxyl groups excluding tert-OH is 2. The maximum absolute atomic E-state index is 12.7. The Morgan fingerprint density at radius 3 is 2.19 bits per heavy atom. The molecule has 3 aromatic rings. The highest BCUT2D eigenvalue weighted by Gasteiger charge is 2.33. The number of carbonyl (C=O) groups excluding carboxylic acids is 1. The molecule has 1 unspecified atom stereocenters. The van der Waals surface area contributed by atoms with E-state index >= 15 is 0 Å². The van der Waals surface area contributed by atoms with Crippen LogP contribution in [0.15, 0.2) is 48.5 Å². The van der Waals surface area contributed by atoms with E-state index in [2.05, 4.69) is 0 Å². The van der Waals surface area contributed by atoms with Crippen LogP contribution in [0.4, 0.5) is 0 Å². The number of Topliss-reactive ketones (excluding diaryl/α,β-unsaturated/α-hetero) is 1. The monoisotopic (exact) mass is 498 g/mol. The minimum atomic E-state index is -1.24. The van der Waals surface area contributed by atoms with Gasteiger partial charge >= 0.3 is 0 Å². The lowest BCUT2D eigenvalue weighted by molar-refractivity contribution is -0.00171. The van der Waals surface area contributed by atoms with Crippen molar-refractivity contribution in [2.45, 2.75) is 24.7 Å². The lowest BCUT2D eigenvalue weighted by Gasteiger charge is -2.28. The van der Waals surface area contributed by atoms with Gasteiger partial charge in [0.15, 0.2) is 23.4 Å². The van der Waals surface area contributed by atoms with Crippen LogP contribution < -0.4 is 18.9 Å². The lowest BCUT2D eigenvalue weighted by Crippen LogP contribution is -2.29. The summed E-state index contributed by atoms with van der Waals surface area (Å²) in [6.45, 7) is -0.542. The van der Waals surface area contributed by atoms with Crippen molar-refractivity contribution in [1.29, 1.82) is 0 Å². The molecule has 0 amide bonds. The quantitative estimate of drug-likeness (QED) is 0.313. The Balaban J connectivity index is 1.65. The van der Waals surface area contributed by atoms with Gasteiger partial charge in [-0.2, -0.15) is 0 Å². The van der Waals surface area contributed by atoms with Crippen LogP contribution in [0.1, 0.15) is 40.1 Å². The number of hydrogen-bond donors (Lipinski definition) is 5. The van der Waals surface area contributed by atoms with Gasteiger partial charge in [0.05, 0.1) is 27.2 Å². The van der Waals surface area contributed by atoms with E-state index in [4.69, 9.17) is 18.9 Å². The van der Waals surface area contributed by atoms with E-state index in [1.54, 1.807) is 12.1 Å². The Kier molecular flexibility index (Phi) is 7.09. The molecule has 1 heterocycles. The number of hydrogen-bond acceptors (Lipinski definition) is 10. The fourth-order valence-electron chi connectivity index (χ4n) is 4.05. The predicted octanol–water partition coefficient (Wildman–Crippen LogP) is 3.00. The van der Waals surface area contributed by atoms with Crippen molar-refractivity contribution in [3.05, 3.63) is 65.2 Å². The zero-order valence-electron chi connectivity index (χ0n) is 19.5. The van der Waals surface area contributed by atoms with Crippen LogP contribution in [0.5, 0.6) is 40.2 Å². The minimum Gasteiger partial charge on any atom is -0.508 e. The molecule has 0 saturated heterocycles. The summed E-state index contributed by atoms with van der Waals surface area (Å²) in [5.74, 6) is -0.405. The van der Waals surface area contributed by atoms with Gasteiger partial charge in [-0.3, -0.25) is 4.79 Å². The van der Waals surface area contributed by atoms with Gasteiger partial charge in [0.25, 0.3) is 0 Å². The fourth-order valence-corrected chi connectivity index (χ4v) is 4.05. The zero-order chi connectivity index (χ0) is 26.0. The Morgan fingerprint density at radius 2 is 1.61 bits per heavy atom. The molecule has 1 aliphatic rings. The molecular weight excluding hydrogens is 472 g/mol. The van der Waals surface area contributed by atoms with Gasteiger partial charge in [0.1, 0.15) is 40.8 Å². The van der Waals surface area contributed by atoms with Crippen molar-refractivity contribution in [2.24, 2.45) is 0 Å². The Labute approximate surface area is 206 Å². The van der Waals surface area contributed by atoms with Gasteiger partial charge in [-0.1, -0.05) is 12.1 Å². The lowest BCUT2D eigenvalue weighted by atomic mass is 9.95. The van der Waals surface area contributed by atoms with Crippen molar-refractivity contribution in [1.82, 2.24) is 0 Å². The third kappa shape index (κ3) is 4.81. The van der Waals surface area contributed by atoms with E-state index in [-0.39, 0.29) is 58.0 Å². The topological polar surface area (TPSA) is 155 Å². The number of ether oxygens (including phenoxy) is 4. The number of aromatic hydroxyl groups is 3. The Bertz CT molecular complexity index is 1230. The van der Waals surface area contributed by atoms with Crippen molar-refractivity contribution in [2.75, 3.05) is 20.8 Å². The van der Waals surface area contributed by atoms with E-state index in [0.29, 0.717) is 11.1 Å². The number of aliphatic hydroxyl groups is 2. The molecule has 36 heavy (non-hydrogen) atoms. The molecule has 0 aromatic heterocycles. The normalized spacial score (nSPS) is 16.4. The van der Waals surface area contributed by atoms with E-state index in [0.717, 1.165) is 6.07 Å². The van der Waals surface area contributed by atoms with E-state index in [1.165, 1.54) is 44.6 Å². The van der Waals surface area contributed by atoms with Crippen LogP contribution in [-0.4, -0.2) is 58.2 Å². The van der Waals surface area contributed by atoms with Gasteiger partial charge in [-0.05, 0) is 29.8 Å². The minimum absolute atomic E-state index is 0.00283. The summed E-state index contributed by atoms with van der Waals surface area (Å²) in [5, 5.41) is 50.0. The molecule has 0 spiro atoms. The van der Waals surface area contributed by atoms with E-state index < -0.39 is 24.9 Å². The number of benzene rings is 3. The highest BCUT2D eigenvalue weighted by Crippen LogP contribution is 2.46. The number of phenolic OH excluding ortho intramolecular Hbond substituents is 3. The SMILES string of the molecule is COc1cc(C2CC(=O)c3c(O)cc(O)cc3O2)cc(OC)c1O[C@@H](CO)[C@H](O)c1ccc(O)cc1. The number of phenols is 3. The van der Waals surface area contributed by atoms with Crippen LogP contribution in [0, 0.1) is 0 Å². The number of carbonyl (C=O) groups is 1. The summed E-state index contributed by atoms with van der Waals surface area (Å²) in [6.07, 6.45) is -3.20. The second kappa shape index (κ2) is 10.2. The van der Waals surface area contributed by atoms with Gasteiger partial charge in [0.2, 0.25) is 5.75 Å². The molecule has 0 radical (unpaired) electrons. The summed E-state index contributed by atoms with van der Waals surface area (Å²) in [5.41, 5.74) is 0.912. The van der Waals surface area contributed by atoms with Gasteiger partial charge < -0.3 is 44.5 Å². The average Bonchev–Trinajstić information content (AvgIpc) is 2.86. The molecule has 1 aliphatic heterocycles. The second-order valence-corrected chi connectivity index (χ2v) is 8.20. The fraction of sp³-hybridized carbons (Fsp3) is 0.269. The van der Waals surface area contributed by atoms with Crippen LogP contribution in [0.2, 0.25) is 0 Å². The first-order valence-corrected chi connectivity index (χ1v) is 11.0. The molecule has 0 aliphatic carbocycles. The van der Waals surface area contributed by atoms with Gasteiger partial charge in [0, 0.05) is 17.7 Å². The third-order valence-electron chi connectivity index (χ3n) is 5.88. The zero-order valence-corrected chi connectivity index (χ0v) is 19.5. The van der Waals surface area contributed by atoms with Crippen molar-refractivity contribution >= 4 is 5.78 Å². The molecule has 3 aromatic carbocycles. The number of fused-ring (bicyclic) bond motifs is 1. The molecule has 10 heteroatoms. The van der Waals surface area contributed by atoms with Crippen molar-refractivity contribution < 1.29 is 49.3 Å². The van der Waals surface area contributed by atoms with Gasteiger partial charge in [-0.15, -0.1) is 0 Å². The molecule has 0 bridgehead atoms. The molecule has 190 valence electrons. The standard InChI is InChI=1S/C26H26O10/c1-33-21-7-14(19-11-18(31)24-17(30)9-16(29)10-20(24)35-19)8-22(34-2)26(21)36-23(12-27)25(32)13-3-5-15(28)6-4-13/h3-10,19,23,25,27-30,32H,11-12H2,1-2H3/t19?,23-,25+/m0/s1.